The molecule has 0 amide bonds. The molecule has 2 aliphatic carbocycles. The number of fused-ring (bicyclic) bond motifs is 1. The van der Waals surface area contributed by atoms with Crippen LogP contribution in [0.3, 0.4) is 0 Å². The van der Waals surface area contributed by atoms with Gasteiger partial charge in [0.2, 0.25) is 0 Å². The third-order valence-corrected chi connectivity index (χ3v) is 6.66. The van der Waals surface area contributed by atoms with Gasteiger partial charge in [0.25, 0.3) is 0 Å². The van der Waals surface area contributed by atoms with Crippen LogP contribution in [0.5, 0.6) is 5.75 Å². The average Bonchev–Trinajstić information content (AvgIpc) is 3.05. The zero-order chi connectivity index (χ0) is 17.4. The number of allylic oxidation sites excluding steroid dienone is 4. The second-order valence-electron chi connectivity index (χ2n) is 8.53. The molecule has 25 heavy (non-hydrogen) atoms. The van der Waals surface area contributed by atoms with Crippen LogP contribution in [0.4, 0.5) is 0 Å². The van der Waals surface area contributed by atoms with Crippen molar-refractivity contribution in [3.63, 3.8) is 0 Å². The Kier molecular flexibility index (Phi) is 4.49. The van der Waals surface area contributed by atoms with E-state index in [1.807, 2.05) is 7.11 Å². The van der Waals surface area contributed by atoms with E-state index in [2.05, 4.69) is 55.6 Å². The van der Waals surface area contributed by atoms with E-state index in [1.165, 1.54) is 36.8 Å². The molecule has 1 aliphatic heterocycles. The second kappa shape index (κ2) is 6.64. The zero-order valence-corrected chi connectivity index (χ0v) is 15.8. The van der Waals surface area contributed by atoms with Crippen LogP contribution in [0.25, 0.3) is 0 Å². The fraction of sp³-hybridized carbons (Fsp3) is 0.565. The Morgan fingerprint density at radius 1 is 1.12 bits per heavy atom. The molecule has 4 rings (SSSR count). The van der Waals surface area contributed by atoms with Crippen molar-refractivity contribution in [3.8, 4) is 5.75 Å². The van der Waals surface area contributed by atoms with Crippen molar-refractivity contribution in [3.05, 3.63) is 53.1 Å². The van der Waals surface area contributed by atoms with E-state index in [0.717, 1.165) is 24.8 Å². The largest absolute Gasteiger partial charge is 0.496 e. The highest BCUT2D eigenvalue weighted by Gasteiger charge is 2.44. The fourth-order valence-electron chi connectivity index (χ4n) is 5.54. The van der Waals surface area contributed by atoms with E-state index in [0.29, 0.717) is 11.8 Å². The maximum atomic E-state index is 5.78. The summed E-state index contributed by atoms with van der Waals surface area (Å²) >= 11 is 0. The summed E-state index contributed by atoms with van der Waals surface area (Å²) in [4.78, 5) is 0. The predicted octanol–water partition coefficient (Wildman–Crippen LogP) is 4.86. The minimum Gasteiger partial charge on any atom is -0.496 e. The molecule has 1 fully saturated rings. The molecule has 2 atom stereocenters. The van der Waals surface area contributed by atoms with Gasteiger partial charge >= 0.3 is 0 Å². The first kappa shape index (κ1) is 16.9. The number of rotatable bonds is 3. The highest BCUT2D eigenvalue weighted by molar-refractivity contribution is 5.48. The van der Waals surface area contributed by atoms with E-state index in [9.17, 15) is 0 Å². The normalized spacial score (nSPS) is 28.5. The first-order valence-corrected chi connectivity index (χ1v) is 9.87. The van der Waals surface area contributed by atoms with Crippen molar-refractivity contribution >= 4 is 0 Å². The molecule has 1 aromatic carbocycles. The molecular weight excluding hydrogens is 306 g/mol. The molecule has 134 valence electrons. The van der Waals surface area contributed by atoms with Crippen LogP contribution in [0, 0.1) is 17.3 Å². The van der Waals surface area contributed by atoms with Gasteiger partial charge in [-0.15, -0.1) is 0 Å². The Morgan fingerprint density at radius 3 is 2.68 bits per heavy atom. The highest BCUT2D eigenvalue weighted by Crippen LogP contribution is 2.55. The summed E-state index contributed by atoms with van der Waals surface area (Å²) in [5.41, 5.74) is 4.87. The van der Waals surface area contributed by atoms with E-state index in [1.54, 1.807) is 5.57 Å². The average molecular weight is 338 g/mol. The van der Waals surface area contributed by atoms with Crippen LogP contribution >= 0.6 is 0 Å². The predicted molar refractivity (Wildman–Crippen MR) is 104 cm³/mol. The molecule has 1 saturated heterocycles. The van der Waals surface area contributed by atoms with Crippen molar-refractivity contribution < 1.29 is 4.74 Å². The minimum absolute atomic E-state index is 0.197. The van der Waals surface area contributed by atoms with Gasteiger partial charge in [0, 0.05) is 5.56 Å². The number of hydrogen-bond donors (Lipinski definition) is 1. The number of ether oxygens (including phenoxy) is 1. The lowest BCUT2D eigenvalue weighted by atomic mass is 9.61. The molecule has 1 heterocycles. The van der Waals surface area contributed by atoms with Crippen LogP contribution in [0.2, 0.25) is 0 Å². The molecule has 0 bridgehead atoms. The standard InChI is InChI=1S/C23H31NO/c1-23(2)13-5-7-18(16-11-14-24-15-12-16)22(23)19-10-9-17-6-4-8-20(25-3)21(17)19/h4-8,13,16,19,22,24H,9-12,14-15H2,1-3H3. The summed E-state index contributed by atoms with van der Waals surface area (Å²) < 4.78 is 5.78. The zero-order valence-electron chi connectivity index (χ0n) is 15.8. The number of benzene rings is 1. The molecule has 2 nitrogen and oxygen atoms in total. The molecular formula is C23H31NO. The third-order valence-electron chi connectivity index (χ3n) is 6.66. The van der Waals surface area contributed by atoms with E-state index in [-0.39, 0.29) is 5.41 Å². The van der Waals surface area contributed by atoms with Crippen molar-refractivity contribution in [2.24, 2.45) is 17.3 Å². The number of aryl methyl sites for hydroxylation is 1. The van der Waals surface area contributed by atoms with Gasteiger partial charge in [-0.1, -0.05) is 49.8 Å². The van der Waals surface area contributed by atoms with Crippen LogP contribution in [0.15, 0.2) is 42.0 Å². The van der Waals surface area contributed by atoms with Crippen molar-refractivity contribution in [1.29, 1.82) is 0 Å². The summed E-state index contributed by atoms with van der Waals surface area (Å²) in [5, 5.41) is 3.53. The Hall–Kier alpha value is -1.54. The number of nitrogens with one attached hydrogen (secondary N) is 1. The lowest BCUT2D eigenvalue weighted by Crippen LogP contribution is -2.37. The van der Waals surface area contributed by atoms with Gasteiger partial charge in [0.1, 0.15) is 5.75 Å². The van der Waals surface area contributed by atoms with Gasteiger partial charge in [-0.3, -0.25) is 0 Å². The lowest BCUT2D eigenvalue weighted by Gasteiger charge is -2.44. The van der Waals surface area contributed by atoms with Crippen molar-refractivity contribution in [2.75, 3.05) is 20.2 Å². The topological polar surface area (TPSA) is 21.3 Å². The summed E-state index contributed by atoms with van der Waals surface area (Å²) in [5.74, 6) is 2.98. The SMILES string of the molecule is COc1cccc2c1C(C1C(C3CCNCC3)=CC=CC1(C)C)CC2. The van der Waals surface area contributed by atoms with Crippen molar-refractivity contribution in [1.82, 2.24) is 5.32 Å². The summed E-state index contributed by atoms with van der Waals surface area (Å²) in [6.45, 7) is 7.16. The molecule has 1 N–H and O–H groups in total. The minimum atomic E-state index is 0.197. The van der Waals surface area contributed by atoms with Gasteiger partial charge in [-0.2, -0.15) is 0 Å². The summed E-state index contributed by atoms with van der Waals surface area (Å²) in [7, 11) is 1.82. The van der Waals surface area contributed by atoms with Crippen LogP contribution in [-0.2, 0) is 6.42 Å². The van der Waals surface area contributed by atoms with Gasteiger partial charge in [0.05, 0.1) is 7.11 Å². The Labute approximate surface area is 152 Å². The summed E-state index contributed by atoms with van der Waals surface area (Å²) in [6, 6.07) is 6.60. The Bertz CT molecular complexity index is 694. The Balaban J connectivity index is 1.75. The molecule has 0 radical (unpaired) electrons. The highest BCUT2D eigenvalue weighted by atomic mass is 16.5. The molecule has 2 unspecified atom stereocenters. The number of methoxy groups -OCH3 is 1. The molecule has 0 saturated carbocycles. The fourth-order valence-corrected chi connectivity index (χ4v) is 5.54. The maximum absolute atomic E-state index is 5.78. The molecule has 0 aromatic heterocycles. The second-order valence-corrected chi connectivity index (χ2v) is 8.53. The van der Waals surface area contributed by atoms with Crippen LogP contribution < -0.4 is 10.1 Å². The third kappa shape index (κ3) is 2.95. The van der Waals surface area contributed by atoms with Crippen molar-refractivity contribution in [2.45, 2.75) is 45.4 Å². The monoisotopic (exact) mass is 337 g/mol. The number of piperidine rings is 1. The van der Waals surface area contributed by atoms with Crippen LogP contribution in [0.1, 0.15) is 50.2 Å². The van der Waals surface area contributed by atoms with E-state index < -0.39 is 0 Å². The van der Waals surface area contributed by atoms with Gasteiger partial charge in [0.15, 0.2) is 0 Å². The van der Waals surface area contributed by atoms with E-state index >= 15 is 0 Å². The molecule has 3 aliphatic rings. The lowest BCUT2D eigenvalue weighted by molar-refractivity contribution is 0.236. The van der Waals surface area contributed by atoms with Gasteiger partial charge < -0.3 is 10.1 Å². The Morgan fingerprint density at radius 2 is 1.92 bits per heavy atom. The van der Waals surface area contributed by atoms with E-state index in [4.69, 9.17) is 4.74 Å². The molecule has 2 heteroatoms. The molecule has 1 aromatic rings. The summed E-state index contributed by atoms with van der Waals surface area (Å²) in [6.07, 6.45) is 12.2. The van der Waals surface area contributed by atoms with Crippen LogP contribution in [-0.4, -0.2) is 20.2 Å². The first-order chi connectivity index (χ1) is 12.1. The quantitative estimate of drug-likeness (QED) is 0.850. The first-order valence-electron chi connectivity index (χ1n) is 9.87. The number of hydrogen-bond acceptors (Lipinski definition) is 2. The smallest absolute Gasteiger partial charge is 0.122 e. The maximum Gasteiger partial charge on any atom is 0.122 e. The van der Waals surface area contributed by atoms with Gasteiger partial charge in [-0.05, 0) is 73.6 Å². The molecule has 0 spiro atoms. The van der Waals surface area contributed by atoms with Gasteiger partial charge in [-0.25, -0.2) is 0 Å².